The van der Waals surface area contributed by atoms with E-state index in [0.29, 0.717) is 6.42 Å². The molecule has 2 N–H and O–H groups in total. The number of halogens is 1. The van der Waals surface area contributed by atoms with Crippen LogP contribution in [-0.2, 0) is 6.42 Å². The first-order valence-corrected chi connectivity index (χ1v) is 9.89. The van der Waals surface area contributed by atoms with Crippen LogP contribution >= 0.6 is 0 Å². The molecule has 0 aliphatic heterocycles. The summed E-state index contributed by atoms with van der Waals surface area (Å²) < 4.78 is 19.2. The molecule has 0 aromatic heterocycles. The largest absolute Gasteiger partial charge is 0.494 e. The first-order valence-electron chi connectivity index (χ1n) is 9.89. The van der Waals surface area contributed by atoms with Crippen molar-refractivity contribution in [1.29, 1.82) is 0 Å². The highest BCUT2D eigenvalue weighted by Gasteiger charge is 2.37. The van der Waals surface area contributed by atoms with Gasteiger partial charge in [-0.3, -0.25) is 0 Å². The zero-order chi connectivity index (χ0) is 20.4. The van der Waals surface area contributed by atoms with Gasteiger partial charge in [0.25, 0.3) is 0 Å². The second-order valence-corrected chi connectivity index (χ2v) is 7.64. The molecule has 3 aromatic rings. The number of ether oxygens (including phenoxy) is 1. The molecule has 2 unspecified atom stereocenters. The van der Waals surface area contributed by atoms with Gasteiger partial charge in [-0.15, -0.1) is 0 Å². The van der Waals surface area contributed by atoms with Crippen LogP contribution in [0.3, 0.4) is 0 Å². The minimum Gasteiger partial charge on any atom is -0.494 e. The van der Waals surface area contributed by atoms with Crippen molar-refractivity contribution in [2.75, 3.05) is 20.3 Å². The molecule has 0 fully saturated rings. The Hall–Kier alpha value is -2.69. The zero-order valence-electron chi connectivity index (χ0n) is 16.4. The van der Waals surface area contributed by atoms with Crippen LogP contribution in [0.2, 0.25) is 0 Å². The number of benzene rings is 3. The second kappa shape index (κ2) is 8.36. The minimum atomic E-state index is -0.412. The van der Waals surface area contributed by atoms with Crippen molar-refractivity contribution < 1.29 is 19.3 Å². The highest BCUT2D eigenvalue weighted by Crippen LogP contribution is 2.45. The normalized spacial score (nSPS) is 20.9. The predicted octanol–water partition coefficient (Wildman–Crippen LogP) is 4.41. The fourth-order valence-corrected chi connectivity index (χ4v) is 4.57. The van der Waals surface area contributed by atoms with E-state index in [9.17, 15) is 14.6 Å². The third-order valence-electron chi connectivity index (χ3n) is 6.08. The van der Waals surface area contributed by atoms with Crippen LogP contribution in [-0.4, -0.2) is 30.5 Å². The molecule has 150 valence electrons. The molecular formula is C25H25FO3. The molecule has 29 heavy (non-hydrogen) atoms. The average molecular weight is 392 g/mol. The molecule has 0 radical (unpaired) electrons. The van der Waals surface area contributed by atoms with Crippen LogP contribution < -0.4 is 4.74 Å². The van der Waals surface area contributed by atoms with Crippen LogP contribution in [0.25, 0.3) is 11.1 Å². The fourth-order valence-electron chi connectivity index (χ4n) is 4.57. The standard InChI is InChI=1S/C25H25FO3/c1-29-24-13-19(9-10-23(24)26)25-21-12-17(16-5-3-2-4-6-16)7-8-18(21)11-20(14-27)22(25)15-28/h2-10,12-13,20,22,25,27-28H,11,14-15H2,1H3/t20?,22-,25?/m1/s1. The summed E-state index contributed by atoms with van der Waals surface area (Å²) in [6, 6.07) is 21.4. The van der Waals surface area contributed by atoms with Gasteiger partial charge in [-0.25, -0.2) is 4.39 Å². The molecule has 0 saturated heterocycles. The lowest BCUT2D eigenvalue weighted by molar-refractivity contribution is 0.101. The Balaban J connectivity index is 1.88. The van der Waals surface area contributed by atoms with Gasteiger partial charge in [0, 0.05) is 19.1 Å². The van der Waals surface area contributed by atoms with E-state index in [1.54, 1.807) is 12.1 Å². The summed E-state index contributed by atoms with van der Waals surface area (Å²) in [6.07, 6.45) is 0.709. The first kappa shape index (κ1) is 19.6. The third-order valence-corrected chi connectivity index (χ3v) is 6.08. The number of hydrogen-bond acceptors (Lipinski definition) is 3. The highest BCUT2D eigenvalue weighted by molar-refractivity contribution is 5.66. The van der Waals surface area contributed by atoms with Crippen LogP contribution in [0.15, 0.2) is 66.7 Å². The topological polar surface area (TPSA) is 49.7 Å². The molecule has 3 aromatic carbocycles. The summed E-state index contributed by atoms with van der Waals surface area (Å²) >= 11 is 0. The summed E-state index contributed by atoms with van der Waals surface area (Å²) in [4.78, 5) is 0. The zero-order valence-corrected chi connectivity index (χ0v) is 16.4. The third kappa shape index (κ3) is 3.66. The minimum absolute atomic E-state index is 0.0000665. The quantitative estimate of drug-likeness (QED) is 0.676. The lowest BCUT2D eigenvalue weighted by atomic mass is 9.66. The van der Waals surface area contributed by atoms with E-state index in [2.05, 4.69) is 30.3 Å². The molecule has 1 aliphatic carbocycles. The van der Waals surface area contributed by atoms with E-state index in [1.807, 2.05) is 18.2 Å². The number of aliphatic hydroxyl groups excluding tert-OH is 2. The van der Waals surface area contributed by atoms with Gasteiger partial charge in [0.2, 0.25) is 0 Å². The van der Waals surface area contributed by atoms with Crippen molar-refractivity contribution in [3.8, 4) is 16.9 Å². The van der Waals surface area contributed by atoms with E-state index in [-0.39, 0.29) is 36.7 Å². The van der Waals surface area contributed by atoms with Gasteiger partial charge in [0.1, 0.15) is 0 Å². The number of aliphatic hydroxyl groups is 2. The summed E-state index contributed by atoms with van der Waals surface area (Å²) in [6.45, 7) is -0.0511. The Labute approximate surface area is 170 Å². The fraction of sp³-hybridized carbons (Fsp3) is 0.280. The van der Waals surface area contributed by atoms with Gasteiger partial charge in [0.15, 0.2) is 11.6 Å². The smallest absolute Gasteiger partial charge is 0.165 e. The SMILES string of the molecule is COc1cc(C2c3cc(-c4ccccc4)ccc3CC(CO)[C@H]2CO)ccc1F. The number of fused-ring (bicyclic) bond motifs is 1. The summed E-state index contributed by atoms with van der Waals surface area (Å²) in [5.41, 5.74) is 5.37. The molecule has 3 atom stereocenters. The maximum absolute atomic E-state index is 14.0. The second-order valence-electron chi connectivity index (χ2n) is 7.64. The molecule has 4 rings (SSSR count). The van der Waals surface area contributed by atoms with Gasteiger partial charge in [-0.2, -0.15) is 0 Å². The average Bonchev–Trinajstić information content (AvgIpc) is 2.78. The van der Waals surface area contributed by atoms with E-state index in [4.69, 9.17) is 4.74 Å². The maximum Gasteiger partial charge on any atom is 0.165 e. The molecule has 1 aliphatic rings. The maximum atomic E-state index is 14.0. The van der Waals surface area contributed by atoms with Crippen LogP contribution in [0.5, 0.6) is 5.75 Å². The van der Waals surface area contributed by atoms with Gasteiger partial charge >= 0.3 is 0 Å². The first-order chi connectivity index (χ1) is 14.2. The Morgan fingerprint density at radius 2 is 1.72 bits per heavy atom. The molecule has 0 amide bonds. The van der Waals surface area contributed by atoms with Crippen molar-refractivity contribution in [2.24, 2.45) is 11.8 Å². The molecular weight excluding hydrogens is 367 g/mol. The van der Waals surface area contributed by atoms with Crippen LogP contribution in [0.4, 0.5) is 4.39 Å². The highest BCUT2D eigenvalue weighted by atomic mass is 19.1. The van der Waals surface area contributed by atoms with Crippen molar-refractivity contribution in [2.45, 2.75) is 12.3 Å². The van der Waals surface area contributed by atoms with E-state index < -0.39 is 5.82 Å². The van der Waals surface area contributed by atoms with Crippen molar-refractivity contribution in [3.05, 3.63) is 89.2 Å². The predicted molar refractivity (Wildman–Crippen MR) is 112 cm³/mol. The molecule has 3 nitrogen and oxygen atoms in total. The summed E-state index contributed by atoms with van der Waals surface area (Å²) in [7, 11) is 1.45. The lowest BCUT2D eigenvalue weighted by Crippen LogP contribution is -2.35. The van der Waals surface area contributed by atoms with Gasteiger partial charge < -0.3 is 14.9 Å². The van der Waals surface area contributed by atoms with Crippen molar-refractivity contribution >= 4 is 0 Å². The van der Waals surface area contributed by atoms with Crippen molar-refractivity contribution in [3.63, 3.8) is 0 Å². The Morgan fingerprint density at radius 3 is 2.41 bits per heavy atom. The number of methoxy groups -OCH3 is 1. The molecule has 0 heterocycles. The molecule has 0 saturated carbocycles. The summed E-state index contributed by atoms with van der Waals surface area (Å²) in [5, 5.41) is 20.2. The van der Waals surface area contributed by atoms with Crippen LogP contribution in [0, 0.1) is 17.7 Å². The Bertz CT molecular complexity index is 987. The van der Waals surface area contributed by atoms with E-state index >= 15 is 0 Å². The molecule has 4 heteroatoms. The molecule has 0 spiro atoms. The molecule has 0 bridgehead atoms. The monoisotopic (exact) mass is 392 g/mol. The summed E-state index contributed by atoms with van der Waals surface area (Å²) in [5.74, 6) is -0.598. The number of hydrogen-bond donors (Lipinski definition) is 2. The van der Waals surface area contributed by atoms with E-state index in [0.717, 1.165) is 27.8 Å². The van der Waals surface area contributed by atoms with Gasteiger partial charge in [0.05, 0.1) is 7.11 Å². The van der Waals surface area contributed by atoms with E-state index in [1.165, 1.54) is 13.2 Å². The van der Waals surface area contributed by atoms with Gasteiger partial charge in [-0.1, -0.05) is 54.6 Å². The number of rotatable bonds is 5. The lowest BCUT2D eigenvalue weighted by Gasteiger charge is -2.39. The van der Waals surface area contributed by atoms with Crippen molar-refractivity contribution in [1.82, 2.24) is 0 Å². The van der Waals surface area contributed by atoms with Crippen LogP contribution in [0.1, 0.15) is 22.6 Å². The Morgan fingerprint density at radius 1 is 0.931 bits per heavy atom. The van der Waals surface area contributed by atoms with Gasteiger partial charge in [-0.05, 0) is 58.2 Å². The Kier molecular flexibility index (Phi) is 5.65.